The van der Waals surface area contributed by atoms with Gasteiger partial charge in [-0.25, -0.2) is 8.78 Å². The van der Waals surface area contributed by atoms with Crippen LogP contribution in [0.25, 0.3) is 0 Å². The molecule has 1 aromatic rings. The van der Waals surface area contributed by atoms with Crippen LogP contribution in [0.3, 0.4) is 0 Å². The van der Waals surface area contributed by atoms with Crippen molar-refractivity contribution in [2.75, 3.05) is 6.61 Å². The van der Waals surface area contributed by atoms with Crippen molar-refractivity contribution in [2.24, 2.45) is 5.92 Å². The van der Waals surface area contributed by atoms with Crippen LogP contribution in [-0.4, -0.2) is 17.8 Å². The smallest absolute Gasteiger partial charge is 0.126 e. The van der Waals surface area contributed by atoms with Crippen molar-refractivity contribution >= 4 is 0 Å². The van der Waals surface area contributed by atoms with Gasteiger partial charge in [0.1, 0.15) is 11.6 Å². The number of nitrogens with one attached hydrogen (secondary N) is 1. The topological polar surface area (TPSA) is 32.3 Å². The first kappa shape index (κ1) is 13.4. The maximum atomic E-state index is 13.0. The van der Waals surface area contributed by atoms with E-state index in [1.807, 2.05) is 0 Å². The lowest BCUT2D eigenvalue weighted by Crippen LogP contribution is -2.39. The van der Waals surface area contributed by atoms with Crippen molar-refractivity contribution in [1.82, 2.24) is 5.32 Å². The summed E-state index contributed by atoms with van der Waals surface area (Å²) in [5.74, 6) is -0.833. The third-order valence-corrected chi connectivity index (χ3v) is 3.63. The lowest BCUT2D eigenvalue weighted by atomic mass is 9.85. The molecule has 0 bridgehead atoms. The highest BCUT2D eigenvalue weighted by atomic mass is 19.1. The minimum atomic E-state index is -0.547. The Kier molecular flexibility index (Phi) is 4.66. The van der Waals surface area contributed by atoms with E-state index in [-0.39, 0.29) is 18.6 Å². The average Bonchev–Trinajstić information content (AvgIpc) is 2.35. The van der Waals surface area contributed by atoms with E-state index in [0.717, 1.165) is 31.7 Å². The van der Waals surface area contributed by atoms with Crippen molar-refractivity contribution in [1.29, 1.82) is 0 Å². The highest BCUT2D eigenvalue weighted by Gasteiger charge is 2.23. The minimum absolute atomic E-state index is 0.176. The van der Waals surface area contributed by atoms with Crippen molar-refractivity contribution in [3.63, 3.8) is 0 Å². The van der Waals surface area contributed by atoms with Crippen LogP contribution in [0.15, 0.2) is 18.2 Å². The van der Waals surface area contributed by atoms with E-state index >= 15 is 0 Å². The van der Waals surface area contributed by atoms with Crippen LogP contribution in [-0.2, 0) is 6.54 Å². The van der Waals surface area contributed by atoms with Gasteiger partial charge in [-0.15, -0.1) is 0 Å². The van der Waals surface area contributed by atoms with Crippen LogP contribution in [0, 0.1) is 17.6 Å². The third-order valence-electron chi connectivity index (χ3n) is 3.63. The molecule has 2 rings (SSSR count). The maximum Gasteiger partial charge on any atom is 0.126 e. The molecule has 1 aromatic carbocycles. The molecule has 18 heavy (non-hydrogen) atoms. The van der Waals surface area contributed by atoms with E-state index in [9.17, 15) is 13.9 Å². The largest absolute Gasteiger partial charge is 0.396 e. The molecule has 0 spiro atoms. The number of hydrogen-bond acceptors (Lipinski definition) is 2. The summed E-state index contributed by atoms with van der Waals surface area (Å²) in [6, 6.07) is 3.80. The minimum Gasteiger partial charge on any atom is -0.396 e. The Balaban J connectivity index is 1.93. The molecule has 0 heterocycles. The van der Waals surface area contributed by atoms with Gasteiger partial charge in [0, 0.05) is 25.3 Å². The van der Waals surface area contributed by atoms with Gasteiger partial charge in [-0.1, -0.05) is 12.8 Å². The molecular weight excluding hydrogens is 236 g/mol. The highest BCUT2D eigenvalue weighted by Crippen LogP contribution is 2.24. The van der Waals surface area contributed by atoms with E-state index in [1.165, 1.54) is 12.1 Å². The second-order valence-corrected chi connectivity index (χ2v) is 4.99. The number of benzene rings is 1. The summed E-state index contributed by atoms with van der Waals surface area (Å²) in [5, 5.41) is 12.6. The first-order valence-electron chi connectivity index (χ1n) is 6.48. The normalized spacial score (nSPS) is 24.2. The highest BCUT2D eigenvalue weighted by molar-refractivity contribution is 5.17. The number of rotatable bonds is 4. The summed E-state index contributed by atoms with van der Waals surface area (Å²) in [7, 11) is 0. The fraction of sp³-hybridized carbons (Fsp3) is 0.571. The van der Waals surface area contributed by atoms with Gasteiger partial charge in [0.05, 0.1) is 0 Å². The van der Waals surface area contributed by atoms with Crippen molar-refractivity contribution in [3.8, 4) is 0 Å². The van der Waals surface area contributed by atoms with Gasteiger partial charge in [-0.3, -0.25) is 0 Å². The van der Waals surface area contributed by atoms with E-state index in [0.29, 0.717) is 12.1 Å². The Hall–Kier alpha value is -1.00. The summed E-state index contributed by atoms with van der Waals surface area (Å²) in [6.45, 7) is 0.616. The van der Waals surface area contributed by atoms with Gasteiger partial charge in [-0.2, -0.15) is 0 Å². The SMILES string of the molecule is OCC1CCCCC1NCc1cc(F)cc(F)c1. The lowest BCUT2D eigenvalue weighted by Gasteiger charge is -2.31. The summed E-state index contributed by atoms with van der Waals surface area (Å²) < 4.78 is 26.1. The van der Waals surface area contributed by atoms with Gasteiger partial charge < -0.3 is 10.4 Å². The molecule has 1 fully saturated rings. The average molecular weight is 255 g/mol. The predicted molar refractivity (Wildman–Crippen MR) is 66.0 cm³/mol. The maximum absolute atomic E-state index is 13.0. The quantitative estimate of drug-likeness (QED) is 0.866. The Morgan fingerprint density at radius 3 is 2.44 bits per heavy atom. The van der Waals surface area contributed by atoms with Crippen molar-refractivity contribution < 1.29 is 13.9 Å². The molecule has 2 N–H and O–H groups in total. The molecule has 2 unspecified atom stereocenters. The summed E-state index contributed by atoms with van der Waals surface area (Å²) >= 11 is 0. The molecule has 0 saturated heterocycles. The van der Waals surface area contributed by atoms with Crippen LogP contribution in [0.4, 0.5) is 8.78 Å². The van der Waals surface area contributed by atoms with E-state index in [1.54, 1.807) is 0 Å². The van der Waals surface area contributed by atoms with Crippen LogP contribution in [0.5, 0.6) is 0 Å². The number of hydrogen-bond donors (Lipinski definition) is 2. The fourth-order valence-electron chi connectivity index (χ4n) is 2.66. The number of aliphatic hydroxyl groups is 1. The summed E-state index contributed by atoms with van der Waals surface area (Å²) in [5.41, 5.74) is 0.606. The van der Waals surface area contributed by atoms with Crippen LogP contribution in [0.2, 0.25) is 0 Å². The monoisotopic (exact) mass is 255 g/mol. The molecule has 2 nitrogen and oxygen atoms in total. The van der Waals surface area contributed by atoms with Gasteiger partial charge in [0.2, 0.25) is 0 Å². The standard InChI is InChI=1S/C14H19F2NO/c15-12-5-10(6-13(16)7-12)8-17-14-4-2-1-3-11(14)9-18/h5-7,11,14,17-18H,1-4,8-9H2. The molecule has 4 heteroatoms. The van der Waals surface area contributed by atoms with Gasteiger partial charge >= 0.3 is 0 Å². The summed E-state index contributed by atoms with van der Waals surface area (Å²) in [6.07, 6.45) is 4.33. The lowest BCUT2D eigenvalue weighted by molar-refractivity contribution is 0.152. The third kappa shape index (κ3) is 3.50. The molecule has 0 radical (unpaired) electrons. The summed E-state index contributed by atoms with van der Waals surface area (Å²) in [4.78, 5) is 0. The number of aliphatic hydroxyl groups excluding tert-OH is 1. The first-order valence-corrected chi connectivity index (χ1v) is 6.48. The zero-order chi connectivity index (χ0) is 13.0. The van der Waals surface area contributed by atoms with Crippen molar-refractivity contribution in [3.05, 3.63) is 35.4 Å². The Morgan fingerprint density at radius 2 is 1.78 bits per heavy atom. The van der Waals surface area contributed by atoms with Crippen molar-refractivity contribution in [2.45, 2.75) is 38.3 Å². The molecule has 2 atom stereocenters. The number of halogens is 2. The molecule has 0 aromatic heterocycles. The molecule has 1 saturated carbocycles. The zero-order valence-corrected chi connectivity index (χ0v) is 10.3. The van der Waals surface area contributed by atoms with E-state index < -0.39 is 11.6 Å². The van der Waals surface area contributed by atoms with Crippen LogP contribution in [0.1, 0.15) is 31.2 Å². The Morgan fingerprint density at radius 1 is 1.11 bits per heavy atom. The molecule has 0 amide bonds. The van der Waals surface area contributed by atoms with Crippen LogP contribution >= 0.6 is 0 Å². The molecule has 1 aliphatic rings. The Bertz CT molecular complexity index is 377. The van der Waals surface area contributed by atoms with Gasteiger partial charge in [0.25, 0.3) is 0 Å². The fourth-order valence-corrected chi connectivity index (χ4v) is 2.66. The van der Waals surface area contributed by atoms with E-state index in [4.69, 9.17) is 0 Å². The molecular formula is C14H19F2NO. The predicted octanol–water partition coefficient (Wildman–Crippen LogP) is 2.61. The second kappa shape index (κ2) is 6.25. The first-order chi connectivity index (χ1) is 8.69. The van der Waals surface area contributed by atoms with Gasteiger partial charge in [0.15, 0.2) is 0 Å². The molecule has 0 aliphatic heterocycles. The van der Waals surface area contributed by atoms with E-state index in [2.05, 4.69) is 5.32 Å². The van der Waals surface area contributed by atoms with Crippen LogP contribution < -0.4 is 5.32 Å². The molecule has 1 aliphatic carbocycles. The Labute approximate surface area is 106 Å². The molecule has 100 valence electrons. The second-order valence-electron chi connectivity index (χ2n) is 4.99. The zero-order valence-electron chi connectivity index (χ0n) is 10.3. The van der Waals surface area contributed by atoms with Gasteiger partial charge in [-0.05, 0) is 36.5 Å².